The lowest BCUT2D eigenvalue weighted by Crippen LogP contribution is -2.43. The van der Waals surface area contributed by atoms with Gasteiger partial charge in [0.15, 0.2) is 6.04 Å². The number of aryl methyl sites for hydroxylation is 2. The van der Waals surface area contributed by atoms with Crippen molar-refractivity contribution < 1.29 is 19.8 Å². The van der Waals surface area contributed by atoms with Crippen LogP contribution in [-0.4, -0.2) is 34.7 Å². The highest BCUT2D eigenvalue weighted by Crippen LogP contribution is 2.22. The molecule has 0 spiro atoms. The topological polar surface area (TPSA) is 86.6 Å². The Bertz CT molecular complexity index is 427. The summed E-state index contributed by atoms with van der Waals surface area (Å²) in [6.07, 6.45) is 0.839. The maximum Gasteiger partial charge on any atom is 0.328 e. The van der Waals surface area contributed by atoms with Crippen LogP contribution in [0.25, 0.3) is 0 Å². The minimum atomic E-state index is -1.25. The first-order valence-electron chi connectivity index (χ1n) is 5.23. The van der Waals surface area contributed by atoms with E-state index < -0.39 is 24.5 Å². The van der Waals surface area contributed by atoms with Crippen molar-refractivity contribution >= 4 is 23.2 Å². The van der Waals surface area contributed by atoms with Crippen molar-refractivity contribution in [3.8, 4) is 0 Å². The molecule has 0 fully saturated rings. The predicted octanol–water partition coefficient (Wildman–Crippen LogP) is 0.794. The van der Waals surface area contributed by atoms with Crippen LogP contribution in [0, 0.1) is 6.92 Å². The molecule has 1 amide bonds. The third kappa shape index (κ3) is 3.28. The van der Waals surface area contributed by atoms with Gasteiger partial charge in [-0.15, -0.1) is 11.3 Å². The molecule has 1 unspecified atom stereocenters. The molecule has 0 bridgehead atoms. The number of carboxylic acid groups (broad SMARTS) is 1. The van der Waals surface area contributed by atoms with E-state index in [2.05, 4.69) is 5.32 Å². The zero-order valence-electron chi connectivity index (χ0n) is 9.69. The highest BCUT2D eigenvalue weighted by atomic mass is 32.1. The van der Waals surface area contributed by atoms with Gasteiger partial charge in [-0.3, -0.25) is 4.79 Å². The monoisotopic (exact) mass is 257 g/mol. The van der Waals surface area contributed by atoms with Crippen molar-refractivity contribution in [2.45, 2.75) is 26.3 Å². The molecule has 17 heavy (non-hydrogen) atoms. The number of amides is 1. The van der Waals surface area contributed by atoms with Crippen LogP contribution in [0.15, 0.2) is 6.07 Å². The summed E-state index contributed by atoms with van der Waals surface area (Å²) >= 11 is 1.35. The van der Waals surface area contributed by atoms with Crippen LogP contribution in [0.5, 0.6) is 0 Å². The number of thiophene rings is 1. The zero-order chi connectivity index (χ0) is 13.0. The Labute approximate surface area is 103 Å². The molecule has 0 aromatic carbocycles. The first-order chi connectivity index (χ1) is 7.99. The fraction of sp³-hybridized carbons (Fsp3) is 0.455. The van der Waals surface area contributed by atoms with E-state index >= 15 is 0 Å². The molecule has 0 radical (unpaired) electrons. The Morgan fingerprint density at radius 2 is 2.18 bits per heavy atom. The summed E-state index contributed by atoms with van der Waals surface area (Å²) in [6.45, 7) is 3.28. The van der Waals surface area contributed by atoms with Gasteiger partial charge >= 0.3 is 5.97 Å². The van der Waals surface area contributed by atoms with Crippen LogP contribution in [-0.2, 0) is 11.2 Å². The van der Waals surface area contributed by atoms with E-state index in [4.69, 9.17) is 10.2 Å². The smallest absolute Gasteiger partial charge is 0.328 e. The van der Waals surface area contributed by atoms with Crippen molar-refractivity contribution in [1.29, 1.82) is 0 Å². The molecule has 5 nitrogen and oxygen atoms in total. The van der Waals surface area contributed by atoms with E-state index in [1.807, 2.05) is 13.8 Å². The van der Waals surface area contributed by atoms with E-state index in [9.17, 15) is 9.59 Å². The number of carboxylic acids is 1. The van der Waals surface area contributed by atoms with Gasteiger partial charge in [0.25, 0.3) is 5.91 Å². The Balaban J connectivity index is 2.78. The molecule has 1 aromatic heterocycles. The number of carbonyl (C=O) groups excluding carboxylic acids is 1. The fourth-order valence-electron chi connectivity index (χ4n) is 1.40. The lowest BCUT2D eigenvalue weighted by Gasteiger charge is -2.10. The molecule has 1 aromatic rings. The van der Waals surface area contributed by atoms with Gasteiger partial charge in [0, 0.05) is 4.88 Å². The average Bonchev–Trinajstić information content (AvgIpc) is 2.66. The Kier molecular flexibility index (Phi) is 4.65. The van der Waals surface area contributed by atoms with E-state index in [1.165, 1.54) is 11.3 Å². The molecule has 94 valence electrons. The van der Waals surface area contributed by atoms with Crippen LogP contribution in [0.4, 0.5) is 0 Å². The van der Waals surface area contributed by atoms with Crippen LogP contribution in [0.2, 0.25) is 0 Å². The second-order valence-corrected chi connectivity index (χ2v) is 4.75. The molecule has 1 atom stereocenters. The first-order valence-corrected chi connectivity index (χ1v) is 6.05. The minimum Gasteiger partial charge on any atom is -0.480 e. The number of hydrogen-bond acceptors (Lipinski definition) is 4. The van der Waals surface area contributed by atoms with E-state index in [0.29, 0.717) is 4.88 Å². The normalized spacial score (nSPS) is 12.2. The molecule has 3 N–H and O–H groups in total. The van der Waals surface area contributed by atoms with Gasteiger partial charge < -0.3 is 15.5 Å². The standard InChI is InChI=1S/C11H15NO4S/c1-3-8-6(2)4-9(17-8)10(14)12-7(5-13)11(15)16/h4,7,13H,3,5H2,1-2H3,(H,12,14)(H,15,16). The van der Waals surface area contributed by atoms with Crippen LogP contribution in [0.3, 0.4) is 0 Å². The van der Waals surface area contributed by atoms with E-state index in [1.54, 1.807) is 6.07 Å². The largest absolute Gasteiger partial charge is 0.480 e. The van der Waals surface area contributed by atoms with Gasteiger partial charge in [0.05, 0.1) is 11.5 Å². The molecular weight excluding hydrogens is 242 g/mol. The summed E-state index contributed by atoms with van der Waals surface area (Å²) in [5, 5.41) is 19.8. The highest BCUT2D eigenvalue weighted by Gasteiger charge is 2.20. The molecule has 0 saturated carbocycles. The maximum absolute atomic E-state index is 11.7. The number of aliphatic hydroxyl groups excluding tert-OH is 1. The third-order valence-corrected chi connectivity index (χ3v) is 3.73. The summed E-state index contributed by atoms with van der Waals surface area (Å²) in [5.41, 5.74) is 1.03. The number of nitrogens with one attached hydrogen (secondary N) is 1. The molecule has 6 heteroatoms. The number of hydrogen-bond donors (Lipinski definition) is 3. The second-order valence-electron chi connectivity index (χ2n) is 3.62. The van der Waals surface area contributed by atoms with Crippen LogP contribution >= 0.6 is 11.3 Å². The number of aliphatic carboxylic acids is 1. The average molecular weight is 257 g/mol. The number of carbonyl (C=O) groups is 2. The van der Waals surface area contributed by atoms with E-state index in [-0.39, 0.29) is 0 Å². The Hall–Kier alpha value is -1.40. The molecule has 0 aliphatic carbocycles. The SMILES string of the molecule is CCc1sc(C(=O)NC(CO)C(=O)O)cc1C. The second kappa shape index (κ2) is 5.79. The van der Waals surface area contributed by atoms with Gasteiger partial charge in [-0.1, -0.05) is 6.92 Å². The van der Waals surface area contributed by atoms with Gasteiger partial charge in [0.2, 0.25) is 0 Å². The summed E-state index contributed by atoms with van der Waals surface area (Å²) < 4.78 is 0. The van der Waals surface area contributed by atoms with E-state index in [0.717, 1.165) is 16.9 Å². The maximum atomic E-state index is 11.7. The lowest BCUT2D eigenvalue weighted by molar-refractivity contribution is -0.140. The summed E-state index contributed by atoms with van der Waals surface area (Å²) in [6, 6.07) is 0.477. The molecule has 0 saturated heterocycles. The number of aliphatic hydroxyl groups is 1. The van der Waals surface area contributed by atoms with Crippen molar-refractivity contribution in [3.05, 3.63) is 21.4 Å². The third-order valence-electron chi connectivity index (χ3n) is 2.35. The summed E-state index contributed by atoms with van der Waals surface area (Å²) in [5.74, 6) is -1.70. The van der Waals surface area contributed by atoms with Crippen molar-refractivity contribution in [2.75, 3.05) is 6.61 Å². The van der Waals surface area contributed by atoms with Crippen molar-refractivity contribution in [1.82, 2.24) is 5.32 Å². The van der Waals surface area contributed by atoms with Crippen LogP contribution in [0.1, 0.15) is 27.0 Å². The van der Waals surface area contributed by atoms with Gasteiger partial charge in [0.1, 0.15) is 0 Å². The molecule has 0 aliphatic rings. The zero-order valence-corrected chi connectivity index (χ0v) is 10.5. The number of rotatable bonds is 5. The molecule has 1 rings (SSSR count). The molecule has 0 aliphatic heterocycles. The quantitative estimate of drug-likeness (QED) is 0.728. The van der Waals surface area contributed by atoms with Crippen molar-refractivity contribution in [3.63, 3.8) is 0 Å². The predicted molar refractivity (Wildman–Crippen MR) is 64.4 cm³/mol. The molecular formula is C11H15NO4S. The summed E-state index contributed by atoms with van der Waals surface area (Å²) in [7, 11) is 0. The lowest BCUT2D eigenvalue weighted by atomic mass is 10.2. The fourth-order valence-corrected chi connectivity index (χ4v) is 2.41. The molecule has 1 heterocycles. The van der Waals surface area contributed by atoms with Gasteiger partial charge in [-0.05, 0) is 25.0 Å². The first kappa shape index (κ1) is 13.7. The Morgan fingerprint density at radius 1 is 1.53 bits per heavy atom. The van der Waals surface area contributed by atoms with Crippen LogP contribution < -0.4 is 5.32 Å². The van der Waals surface area contributed by atoms with Crippen molar-refractivity contribution in [2.24, 2.45) is 0 Å². The van der Waals surface area contributed by atoms with Gasteiger partial charge in [-0.25, -0.2) is 4.79 Å². The highest BCUT2D eigenvalue weighted by molar-refractivity contribution is 7.14. The summed E-state index contributed by atoms with van der Waals surface area (Å²) in [4.78, 5) is 24.0. The van der Waals surface area contributed by atoms with Gasteiger partial charge in [-0.2, -0.15) is 0 Å². The Morgan fingerprint density at radius 3 is 2.59 bits per heavy atom. The minimum absolute atomic E-state index is 0.459.